The van der Waals surface area contributed by atoms with E-state index >= 15 is 0 Å². The predicted molar refractivity (Wildman–Crippen MR) is 60.9 cm³/mol. The van der Waals surface area contributed by atoms with Gasteiger partial charge in [-0.25, -0.2) is 4.98 Å². The molecule has 0 saturated heterocycles. The van der Waals surface area contributed by atoms with E-state index in [-0.39, 0.29) is 0 Å². The van der Waals surface area contributed by atoms with E-state index in [1.54, 1.807) is 35.3 Å². The van der Waals surface area contributed by atoms with Gasteiger partial charge in [-0.3, -0.25) is 0 Å². The first kappa shape index (κ1) is 10.9. The molecule has 0 aliphatic rings. The van der Waals surface area contributed by atoms with Crippen LogP contribution in [0.2, 0.25) is 0 Å². The topological polar surface area (TPSA) is 91.4 Å². The molecule has 2 rings (SSSR count). The number of hydrogen-bond donors (Lipinski definition) is 1. The van der Waals surface area contributed by atoms with Crippen LogP contribution in [0.5, 0.6) is 0 Å². The number of nitrogens with zero attached hydrogens (tertiary/aromatic N) is 4. The molecule has 5 heteroatoms. The first-order valence-corrected chi connectivity index (χ1v) is 4.96. The standard InChI is InChI=1S/C12H9N5/c13-4-9-1-2-11(3-10(9)5-14)17-8-16-7-12(17)6-15/h1-3,7-8H,6,15H2. The van der Waals surface area contributed by atoms with Gasteiger partial charge in [-0.15, -0.1) is 0 Å². The molecule has 0 radical (unpaired) electrons. The summed E-state index contributed by atoms with van der Waals surface area (Å²) in [4.78, 5) is 4.00. The molecule has 2 N–H and O–H groups in total. The molecule has 0 bridgehead atoms. The van der Waals surface area contributed by atoms with Crippen LogP contribution in [0.15, 0.2) is 30.7 Å². The highest BCUT2D eigenvalue weighted by Crippen LogP contribution is 2.15. The van der Waals surface area contributed by atoms with Gasteiger partial charge in [-0.1, -0.05) is 0 Å². The largest absolute Gasteiger partial charge is 0.325 e. The second-order valence-electron chi connectivity index (χ2n) is 3.41. The molecule has 0 saturated carbocycles. The van der Waals surface area contributed by atoms with E-state index in [1.807, 2.05) is 12.1 Å². The Morgan fingerprint density at radius 3 is 2.65 bits per heavy atom. The minimum absolute atomic E-state index is 0.349. The van der Waals surface area contributed by atoms with Crippen LogP contribution in [-0.2, 0) is 6.54 Å². The molecule has 0 fully saturated rings. The van der Waals surface area contributed by atoms with Crippen LogP contribution in [0.3, 0.4) is 0 Å². The second kappa shape index (κ2) is 4.48. The van der Waals surface area contributed by atoms with Crippen molar-refractivity contribution in [2.45, 2.75) is 6.54 Å². The highest BCUT2D eigenvalue weighted by molar-refractivity contribution is 5.51. The lowest BCUT2D eigenvalue weighted by molar-refractivity contribution is 0.909. The number of benzene rings is 1. The third-order valence-corrected chi connectivity index (χ3v) is 2.45. The molecule has 82 valence electrons. The summed E-state index contributed by atoms with van der Waals surface area (Å²) < 4.78 is 1.79. The zero-order valence-corrected chi connectivity index (χ0v) is 8.96. The summed E-state index contributed by atoms with van der Waals surface area (Å²) in [6, 6.07) is 9.01. The molecule has 5 nitrogen and oxygen atoms in total. The van der Waals surface area contributed by atoms with Crippen molar-refractivity contribution in [1.29, 1.82) is 10.5 Å². The van der Waals surface area contributed by atoms with Gasteiger partial charge in [0.15, 0.2) is 0 Å². The normalized spacial score (nSPS) is 9.59. The van der Waals surface area contributed by atoms with E-state index < -0.39 is 0 Å². The van der Waals surface area contributed by atoms with Gasteiger partial charge < -0.3 is 10.3 Å². The Morgan fingerprint density at radius 1 is 1.24 bits per heavy atom. The minimum Gasteiger partial charge on any atom is -0.325 e. The Balaban J connectivity index is 2.56. The highest BCUT2D eigenvalue weighted by Gasteiger charge is 2.06. The molecule has 0 aliphatic carbocycles. The van der Waals surface area contributed by atoms with E-state index in [2.05, 4.69) is 4.98 Å². The summed E-state index contributed by atoms with van der Waals surface area (Å²) in [6.45, 7) is 0.363. The maximum absolute atomic E-state index is 8.95. The van der Waals surface area contributed by atoms with Gasteiger partial charge in [0.25, 0.3) is 0 Å². The summed E-state index contributed by atoms with van der Waals surface area (Å²) in [5.41, 5.74) is 7.92. The molecular formula is C12H9N5. The number of nitrogens with two attached hydrogens (primary N) is 1. The Bertz CT molecular complexity index is 627. The predicted octanol–water partition coefficient (Wildman–Crippen LogP) is 1.07. The lowest BCUT2D eigenvalue weighted by Gasteiger charge is -2.07. The Labute approximate surface area is 98.3 Å². The number of nitriles is 2. The fourth-order valence-corrected chi connectivity index (χ4v) is 1.58. The van der Waals surface area contributed by atoms with Crippen LogP contribution in [0.1, 0.15) is 16.8 Å². The Kier molecular flexibility index (Phi) is 2.87. The summed E-state index contributed by atoms with van der Waals surface area (Å²) in [7, 11) is 0. The lowest BCUT2D eigenvalue weighted by atomic mass is 10.1. The average Bonchev–Trinajstić information content (AvgIpc) is 2.86. The van der Waals surface area contributed by atoms with E-state index in [0.29, 0.717) is 17.7 Å². The van der Waals surface area contributed by atoms with Gasteiger partial charge in [0.1, 0.15) is 12.1 Å². The number of rotatable bonds is 2. The smallest absolute Gasteiger partial charge is 0.101 e. The molecule has 0 amide bonds. The maximum atomic E-state index is 8.95. The summed E-state index contributed by atoms with van der Waals surface area (Å²) in [6.07, 6.45) is 3.30. The van der Waals surface area contributed by atoms with Gasteiger partial charge in [-0.05, 0) is 18.2 Å². The van der Waals surface area contributed by atoms with Gasteiger partial charge >= 0.3 is 0 Å². The quantitative estimate of drug-likeness (QED) is 0.824. The Hall–Kier alpha value is -2.63. The molecule has 0 aliphatic heterocycles. The minimum atomic E-state index is 0.349. The number of aromatic nitrogens is 2. The molecule has 1 aromatic carbocycles. The van der Waals surface area contributed by atoms with Crippen molar-refractivity contribution in [3.63, 3.8) is 0 Å². The third-order valence-electron chi connectivity index (χ3n) is 2.45. The van der Waals surface area contributed by atoms with Crippen LogP contribution >= 0.6 is 0 Å². The SMILES string of the molecule is N#Cc1ccc(-n2cncc2CN)cc1C#N. The molecule has 1 heterocycles. The second-order valence-corrected chi connectivity index (χ2v) is 3.41. The van der Waals surface area contributed by atoms with Crippen LogP contribution in [0.4, 0.5) is 0 Å². The van der Waals surface area contributed by atoms with Crippen molar-refractivity contribution < 1.29 is 0 Å². The van der Waals surface area contributed by atoms with E-state index in [1.165, 1.54) is 0 Å². The van der Waals surface area contributed by atoms with E-state index in [9.17, 15) is 0 Å². The summed E-state index contributed by atoms with van der Waals surface area (Å²) in [5, 5.41) is 17.8. The number of imidazole rings is 1. The molecule has 0 spiro atoms. The van der Waals surface area contributed by atoms with Crippen LogP contribution in [-0.4, -0.2) is 9.55 Å². The van der Waals surface area contributed by atoms with Crippen molar-refractivity contribution in [1.82, 2.24) is 9.55 Å². The third kappa shape index (κ3) is 1.87. The van der Waals surface area contributed by atoms with Crippen molar-refractivity contribution in [3.8, 4) is 17.8 Å². The molecule has 17 heavy (non-hydrogen) atoms. The van der Waals surface area contributed by atoms with Gasteiger partial charge in [0, 0.05) is 18.4 Å². The number of hydrogen-bond acceptors (Lipinski definition) is 4. The lowest BCUT2D eigenvalue weighted by Crippen LogP contribution is -2.04. The van der Waals surface area contributed by atoms with Crippen LogP contribution < -0.4 is 5.73 Å². The Morgan fingerprint density at radius 2 is 2.00 bits per heavy atom. The fraction of sp³-hybridized carbons (Fsp3) is 0.0833. The van der Waals surface area contributed by atoms with E-state index in [0.717, 1.165) is 11.4 Å². The zero-order valence-electron chi connectivity index (χ0n) is 8.96. The average molecular weight is 223 g/mol. The highest BCUT2D eigenvalue weighted by atomic mass is 15.1. The summed E-state index contributed by atoms with van der Waals surface area (Å²) >= 11 is 0. The molecule has 0 atom stereocenters. The maximum Gasteiger partial charge on any atom is 0.101 e. The van der Waals surface area contributed by atoms with Crippen LogP contribution in [0.25, 0.3) is 5.69 Å². The molecule has 1 aromatic heterocycles. The summed E-state index contributed by atoms with van der Waals surface area (Å²) in [5.74, 6) is 0. The van der Waals surface area contributed by atoms with Crippen molar-refractivity contribution >= 4 is 0 Å². The monoisotopic (exact) mass is 223 g/mol. The van der Waals surface area contributed by atoms with Crippen molar-refractivity contribution in [2.24, 2.45) is 5.73 Å². The van der Waals surface area contributed by atoms with Gasteiger partial charge in [-0.2, -0.15) is 10.5 Å². The van der Waals surface area contributed by atoms with Crippen LogP contribution in [0, 0.1) is 22.7 Å². The van der Waals surface area contributed by atoms with Crippen molar-refractivity contribution in [3.05, 3.63) is 47.5 Å². The van der Waals surface area contributed by atoms with Crippen molar-refractivity contribution in [2.75, 3.05) is 0 Å². The van der Waals surface area contributed by atoms with Gasteiger partial charge in [0.2, 0.25) is 0 Å². The first-order chi connectivity index (χ1) is 8.30. The molecule has 2 aromatic rings. The van der Waals surface area contributed by atoms with E-state index in [4.69, 9.17) is 16.3 Å². The van der Waals surface area contributed by atoms with Gasteiger partial charge in [0.05, 0.1) is 23.1 Å². The zero-order chi connectivity index (χ0) is 12.3. The first-order valence-electron chi connectivity index (χ1n) is 4.96. The molecule has 0 unspecified atom stereocenters. The fourth-order valence-electron chi connectivity index (χ4n) is 1.58. The molecular weight excluding hydrogens is 214 g/mol.